The molecule has 7 heteroatoms. The average molecular weight is 323 g/mol. The quantitative estimate of drug-likeness (QED) is 0.873. The third kappa shape index (κ3) is 3.03. The van der Waals surface area contributed by atoms with Crippen molar-refractivity contribution in [2.45, 2.75) is 31.0 Å². The lowest BCUT2D eigenvalue weighted by molar-refractivity contribution is -0.133. The molecule has 0 radical (unpaired) electrons. The molecular weight excluding hydrogens is 306 g/mol. The predicted molar refractivity (Wildman–Crippen MR) is 86.2 cm³/mol. The SMILES string of the molecule is Cc1ccnc2c1nc(SCC(=O)O)n2C1CCSCC1. The predicted octanol–water partition coefficient (Wildman–Crippen LogP) is 2.98. The molecule has 0 saturated carbocycles. The van der Waals surface area contributed by atoms with Crippen molar-refractivity contribution in [2.75, 3.05) is 17.3 Å². The van der Waals surface area contributed by atoms with Gasteiger partial charge in [0.1, 0.15) is 5.52 Å². The minimum atomic E-state index is -0.817. The van der Waals surface area contributed by atoms with Crippen molar-refractivity contribution in [2.24, 2.45) is 0 Å². The number of hydrogen-bond donors (Lipinski definition) is 1. The monoisotopic (exact) mass is 323 g/mol. The minimum absolute atomic E-state index is 0.0316. The summed E-state index contributed by atoms with van der Waals surface area (Å²) >= 11 is 3.26. The Hall–Kier alpha value is -1.21. The van der Waals surface area contributed by atoms with Crippen LogP contribution in [0.1, 0.15) is 24.4 Å². The molecule has 3 heterocycles. The van der Waals surface area contributed by atoms with Crippen LogP contribution in [0.25, 0.3) is 11.2 Å². The van der Waals surface area contributed by atoms with Gasteiger partial charge in [-0.2, -0.15) is 11.8 Å². The average Bonchev–Trinajstić information content (AvgIpc) is 2.86. The Kier molecular flexibility index (Phi) is 4.40. The molecule has 0 atom stereocenters. The Balaban J connectivity index is 2.06. The molecule has 0 amide bonds. The first-order valence-electron chi connectivity index (χ1n) is 6.92. The summed E-state index contributed by atoms with van der Waals surface area (Å²) in [4.78, 5) is 20.0. The molecule has 2 aromatic heterocycles. The van der Waals surface area contributed by atoms with E-state index in [0.29, 0.717) is 6.04 Å². The van der Waals surface area contributed by atoms with Crippen LogP contribution in [0, 0.1) is 6.92 Å². The lowest BCUT2D eigenvalue weighted by Gasteiger charge is -2.24. The molecule has 0 aromatic carbocycles. The van der Waals surface area contributed by atoms with E-state index in [1.807, 2.05) is 24.8 Å². The Morgan fingerprint density at radius 2 is 2.29 bits per heavy atom. The summed E-state index contributed by atoms with van der Waals surface area (Å²) in [6.07, 6.45) is 3.98. The number of aliphatic carboxylic acids is 1. The fraction of sp³-hybridized carbons (Fsp3) is 0.500. The van der Waals surface area contributed by atoms with Crippen molar-refractivity contribution in [1.29, 1.82) is 0 Å². The molecule has 1 aliphatic rings. The van der Waals surface area contributed by atoms with Gasteiger partial charge in [-0.1, -0.05) is 11.8 Å². The Bertz CT molecular complexity index is 666. The molecule has 112 valence electrons. The van der Waals surface area contributed by atoms with Crippen LogP contribution in [0.4, 0.5) is 0 Å². The second-order valence-corrected chi connectivity index (χ2v) is 7.26. The number of aryl methyl sites for hydroxylation is 1. The number of carbonyl (C=O) groups is 1. The van der Waals surface area contributed by atoms with Crippen LogP contribution in [0.15, 0.2) is 17.4 Å². The summed E-state index contributed by atoms with van der Waals surface area (Å²) in [6.45, 7) is 2.02. The highest BCUT2D eigenvalue weighted by atomic mass is 32.2. The van der Waals surface area contributed by atoms with Gasteiger partial charge in [-0.25, -0.2) is 9.97 Å². The van der Waals surface area contributed by atoms with E-state index in [1.54, 1.807) is 6.20 Å². The number of carboxylic acids is 1. The van der Waals surface area contributed by atoms with Crippen molar-refractivity contribution in [1.82, 2.24) is 14.5 Å². The number of thioether (sulfide) groups is 2. The fourth-order valence-electron chi connectivity index (χ4n) is 2.59. The Morgan fingerprint density at radius 3 is 3.00 bits per heavy atom. The summed E-state index contributed by atoms with van der Waals surface area (Å²) in [5, 5.41) is 9.71. The van der Waals surface area contributed by atoms with E-state index in [-0.39, 0.29) is 5.75 Å². The number of nitrogens with zero attached hydrogens (tertiary/aromatic N) is 3. The van der Waals surface area contributed by atoms with Gasteiger partial charge >= 0.3 is 5.97 Å². The van der Waals surface area contributed by atoms with Crippen LogP contribution >= 0.6 is 23.5 Å². The Labute approximate surface area is 131 Å². The molecule has 1 N–H and O–H groups in total. The van der Waals surface area contributed by atoms with Gasteiger partial charge in [0, 0.05) is 12.2 Å². The first-order chi connectivity index (χ1) is 10.2. The zero-order valence-electron chi connectivity index (χ0n) is 11.8. The molecule has 1 fully saturated rings. The summed E-state index contributed by atoms with van der Waals surface area (Å²) in [5.41, 5.74) is 2.87. The molecule has 5 nitrogen and oxygen atoms in total. The van der Waals surface area contributed by atoms with Gasteiger partial charge in [0.15, 0.2) is 10.8 Å². The molecular formula is C14H17N3O2S2. The van der Waals surface area contributed by atoms with Crippen LogP contribution in [-0.2, 0) is 4.79 Å². The number of aromatic nitrogens is 3. The molecule has 1 aliphatic heterocycles. The van der Waals surface area contributed by atoms with Crippen molar-refractivity contribution in [3.05, 3.63) is 17.8 Å². The van der Waals surface area contributed by atoms with Crippen LogP contribution in [0.5, 0.6) is 0 Å². The van der Waals surface area contributed by atoms with E-state index in [2.05, 4.69) is 14.5 Å². The normalized spacial score (nSPS) is 16.4. The maximum atomic E-state index is 10.9. The first-order valence-corrected chi connectivity index (χ1v) is 9.06. The third-order valence-corrected chi connectivity index (χ3v) is 5.62. The van der Waals surface area contributed by atoms with Gasteiger partial charge in [-0.15, -0.1) is 0 Å². The second-order valence-electron chi connectivity index (χ2n) is 5.09. The van der Waals surface area contributed by atoms with Crippen molar-refractivity contribution < 1.29 is 9.90 Å². The molecule has 0 aliphatic carbocycles. The summed E-state index contributed by atoms with van der Waals surface area (Å²) < 4.78 is 2.16. The van der Waals surface area contributed by atoms with E-state index in [1.165, 1.54) is 11.8 Å². The zero-order chi connectivity index (χ0) is 14.8. The van der Waals surface area contributed by atoms with E-state index in [9.17, 15) is 4.79 Å². The number of imidazole rings is 1. The molecule has 3 rings (SSSR count). The van der Waals surface area contributed by atoms with Crippen LogP contribution in [0.3, 0.4) is 0 Å². The first kappa shape index (κ1) is 14.7. The maximum Gasteiger partial charge on any atom is 0.313 e. The van der Waals surface area contributed by atoms with Crippen LogP contribution < -0.4 is 0 Å². The van der Waals surface area contributed by atoms with E-state index < -0.39 is 5.97 Å². The summed E-state index contributed by atoms with van der Waals surface area (Å²) in [6, 6.07) is 2.32. The van der Waals surface area contributed by atoms with Gasteiger partial charge in [-0.3, -0.25) is 4.79 Å². The molecule has 0 bridgehead atoms. The van der Waals surface area contributed by atoms with Gasteiger partial charge < -0.3 is 9.67 Å². The van der Waals surface area contributed by atoms with E-state index in [0.717, 1.165) is 46.2 Å². The summed E-state index contributed by atoms with van der Waals surface area (Å²) in [5.74, 6) is 1.49. The number of rotatable bonds is 4. The lowest BCUT2D eigenvalue weighted by atomic mass is 10.1. The van der Waals surface area contributed by atoms with Gasteiger partial charge in [0.2, 0.25) is 0 Å². The highest BCUT2D eigenvalue weighted by Crippen LogP contribution is 2.34. The summed E-state index contributed by atoms with van der Waals surface area (Å²) in [7, 11) is 0. The number of carboxylic acid groups (broad SMARTS) is 1. The number of hydrogen-bond acceptors (Lipinski definition) is 5. The smallest absolute Gasteiger partial charge is 0.313 e. The maximum absolute atomic E-state index is 10.9. The topological polar surface area (TPSA) is 68.0 Å². The second kappa shape index (κ2) is 6.27. The van der Waals surface area contributed by atoms with Crippen molar-refractivity contribution >= 4 is 40.7 Å². The van der Waals surface area contributed by atoms with Crippen molar-refractivity contribution in [3.8, 4) is 0 Å². The minimum Gasteiger partial charge on any atom is -0.481 e. The molecule has 2 aromatic rings. The number of pyridine rings is 1. The third-order valence-electron chi connectivity index (χ3n) is 3.63. The molecule has 0 unspecified atom stereocenters. The molecule has 21 heavy (non-hydrogen) atoms. The number of fused-ring (bicyclic) bond motifs is 1. The van der Waals surface area contributed by atoms with Crippen molar-refractivity contribution in [3.63, 3.8) is 0 Å². The Morgan fingerprint density at radius 1 is 1.52 bits per heavy atom. The van der Waals surface area contributed by atoms with Gasteiger partial charge in [0.25, 0.3) is 0 Å². The highest BCUT2D eigenvalue weighted by Gasteiger charge is 2.23. The van der Waals surface area contributed by atoms with E-state index >= 15 is 0 Å². The van der Waals surface area contributed by atoms with Crippen LogP contribution in [0.2, 0.25) is 0 Å². The standard InChI is InChI=1S/C14H17N3O2S2/c1-9-2-5-15-13-12(9)16-14(21-8-11(18)19)17(13)10-3-6-20-7-4-10/h2,5,10H,3-4,6-8H2,1H3,(H,18,19). The highest BCUT2D eigenvalue weighted by molar-refractivity contribution is 7.99. The largest absolute Gasteiger partial charge is 0.481 e. The lowest BCUT2D eigenvalue weighted by Crippen LogP contribution is -2.16. The molecule has 1 saturated heterocycles. The van der Waals surface area contributed by atoms with E-state index in [4.69, 9.17) is 5.11 Å². The zero-order valence-corrected chi connectivity index (χ0v) is 13.4. The van der Waals surface area contributed by atoms with Gasteiger partial charge in [-0.05, 0) is 42.9 Å². The van der Waals surface area contributed by atoms with Gasteiger partial charge in [0.05, 0.1) is 5.75 Å². The fourth-order valence-corrected chi connectivity index (χ4v) is 4.46. The molecule has 0 spiro atoms. The van der Waals surface area contributed by atoms with Crippen LogP contribution in [-0.4, -0.2) is 42.9 Å².